The summed E-state index contributed by atoms with van der Waals surface area (Å²) in [6, 6.07) is 17.0. The Kier molecular flexibility index (Phi) is 4.87. The third kappa shape index (κ3) is 3.36. The predicted molar refractivity (Wildman–Crippen MR) is 127 cm³/mol. The summed E-state index contributed by atoms with van der Waals surface area (Å²) in [5, 5.41) is 9.63. The molecule has 10 heteroatoms. The van der Waals surface area contributed by atoms with E-state index in [1.165, 1.54) is 16.2 Å². The predicted octanol–water partition coefficient (Wildman–Crippen LogP) is 2.70. The van der Waals surface area contributed by atoms with E-state index in [1.807, 2.05) is 24.3 Å². The van der Waals surface area contributed by atoms with Gasteiger partial charge in [-0.15, -0.1) is 0 Å². The molecule has 0 saturated carbocycles. The fraction of sp³-hybridized carbons (Fsp3) is 0.125. The van der Waals surface area contributed by atoms with E-state index < -0.39 is 11.2 Å². The average Bonchev–Trinajstić information content (AvgIpc) is 3.42. The molecule has 0 aliphatic carbocycles. The largest absolute Gasteiger partial charge is 0.425 e. The summed E-state index contributed by atoms with van der Waals surface area (Å²) in [7, 11) is 4.63. The number of hydrogen-bond donors (Lipinski definition) is 1. The van der Waals surface area contributed by atoms with Gasteiger partial charge in [0.15, 0.2) is 11.2 Å². The van der Waals surface area contributed by atoms with Gasteiger partial charge in [0.05, 0.1) is 16.6 Å². The highest BCUT2D eigenvalue weighted by atomic mass is 16.5. The third-order valence-corrected chi connectivity index (χ3v) is 5.60. The van der Waals surface area contributed by atoms with Crippen molar-refractivity contribution in [2.75, 3.05) is 0 Å². The van der Waals surface area contributed by atoms with E-state index in [0.29, 0.717) is 17.1 Å². The summed E-state index contributed by atoms with van der Waals surface area (Å²) >= 11 is 0. The Morgan fingerprint density at radius 3 is 2.44 bits per heavy atom. The zero-order valence-corrected chi connectivity index (χ0v) is 18.6. The number of aryl methyl sites for hydroxylation is 2. The van der Waals surface area contributed by atoms with Crippen LogP contribution in [-0.2, 0) is 21.1 Å². The van der Waals surface area contributed by atoms with Gasteiger partial charge in [0.2, 0.25) is 0 Å². The summed E-state index contributed by atoms with van der Waals surface area (Å²) < 4.78 is 9.73. The molecular weight excluding hydrogens is 434 g/mol. The molecule has 0 unspecified atom stereocenters. The zero-order valence-electron chi connectivity index (χ0n) is 18.6. The molecule has 0 amide bonds. The lowest BCUT2D eigenvalue weighted by Crippen LogP contribution is -2.37. The van der Waals surface area contributed by atoms with Gasteiger partial charge in [0.25, 0.3) is 5.56 Å². The first-order chi connectivity index (χ1) is 16.4. The molecule has 1 N–H and O–H groups in total. The van der Waals surface area contributed by atoms with Crippen molar-refractivity contribution in [3.8, 4) is 17.8 Å². The van der Waals surface area contributed by atoms with E-state index in [4.69, 9.17) is 4.74 Å². The minimum atomic E-state index is -0.462. The van der Waals surface area contributed by atoms with E-state index in [1.54, 1.807) is 44.4 Å². The Morgan fingerprint density at radius 1 is 1.00 bits per heavy atom. The number of hydrogen-bond acceptors (Lipinski definition) is 6. The van der Waals surface area contributed by atoms with Crippen molar-refractivity contribution in [2.45, 2.75) is 0 Å². The molecule has 10 nitrogen and oxygen atoms in total. The second-order valence-electron chi connectivity index (χ2n) is 7.77. The molecule has 0 aliphatic rings. The first-order valence-corrected chi connectivity index (χ1v) is 10.3. The van der Waals surface area contributed by atoms with Crippen LogP contribution in [0.15, 0.2) is 58.1 Å². The lowest BCUT2D eigenvalue weighted by atomic mass is 10.1. The Bertz CT molecular complexity index is 1730. The number of fused-ring (bicyclic) bond motifs is 2. The first kappa shape index (κ1) is 21.0. The van der Waals surface area contributed by atoms with Crippen LogP contribution in [0, 0.1) is 11.3 Å². The number of aromatic amines is 1. The van der Waals surface area contributed by atoms with Crippen molar-refractivity contribution in [2.24, 2.45) is 21.1 Å². The van der Waals surface area contributed by atoms with E-state index in [0.717, 1.165) is 21.2 Å². The number of rotatable bonds is 4. The van der Waals surface area contributed by atoms with Crippen LogP contribution in [0.2, 0.25) is 0 Å². The van der Waals surface area contributed by atoms with Crippen LogP contribution in [0.1, 0.15) is 11.4 Å². The van der Waals surface area contributed by atoms with Gasteiger partial charge < -0.3 is 9.72 Å². The van der Waals surface area contributed by atoms with E-state index in [9.17, 15) is 14.9 Å². The van der Waals surface area contributed by atoms with E-state index in [-0.39, 0.29) is 17.2 Å². The number of imidazole rings is 2. The number of H-pyrrole nitrogens is 1. The van der Waals surface area contributed by atoms with Crippen LogP contribution in [-0.4, -0.2) is 28.7 Å². The van der Waals surface area contributed by atoms with Gasteiger partial charge >= 0.3 is 11.7 Å². The fourth-order valence-electron chi connectivity index (χ4n) is 3.73. The molecule has 0 aliphatic heterocycles. The second-order valence-corrected chi connectivity index (χ2v) is 7.77. The Balaban J connectivity index is 1.45. The summed E-state index contributed by atoms with van der Waals surface area (Å²) in [6.45, 7) is 0. The van der Waals surface area contributed by atoms with Crippen LogP contribution < -0.4 is 16.0 Å². The van der Waals surface area contributed by atoms with E-state index >= 15 is 0 Å². The van der Waals surface area contributed by atoms with Crippen LogP contribution in [0.4, 0.5) is 0 Å². The molecule has 0 radical (unpaired) electrons. The van der Waals surface area contributed by atoms with Gasteiger partial charge in [-0.25, -0.2) is 9.78 Å². The summed E-state index contributed by atoms with van der Waals surface area (Å²) in [5.74, 6) is 0.982. The van der Waals surface area contributed by atoms with Gasteiger partial charge in [-0.3, -0.25) is 18.5 Å². The smallest absolute Gasteiger partial charge is 0.332 e. The van der Waals surface area contributed by atoms with Crippen molar-refractivity contribution in [3.63, 3.8) is 0 Å². The molecule has 0 bridgehead atoms. The summed E-state index contributed by atoms with van der Waals surface area (Å²) in [4.78, 5) is 36.7. The van der Waals surface area contributed by atoms with Crippen molar-refractivity contribution in [3.05, 3.63) is 80.8 Å². The van der Waals surface area contributed by atoms with Gasteiger partial charge in [-0.05, 0) is 35.9 Å². The highest BCUT2D eigenvalue weighted by Gasteiger charge is 2.18. The molecule has 0 atom stereocenters. The molecule has 0 saturated heterocycles. The van der Waals surface area contributed by atoms with Crippen LogP contribution in [0.25, 0.3) is 33.8 Å². The number of nitrogens with one attached hydrogen (secondary N) is 1. The topological polar surface area (TPSA) is 124 Å². The number of aromatic nitrogens is 6. The minimum absolute atomic E-state index is 0.177. The number of allylic oxidation sites excluding steroid dienone is 1. The van der Waals surface area contributed by atoms with Gasteiger partial charge in [0.1, 0.15) is 17.6 Å². The first-order valence-electron chi connectivity index (χ1n) is 10.3. The van der Waals surface area contributed by atoms with E-state index in [2.05, 4.69) is 21.0 Å². The number of ether oxygens (including phenoxy) is 1. The molecular formula is C24H19N7O3. The lowest BCUT2D eigenvalue weighted by molar-refractivity contribution is 0.427. The van der Waals surface area contributed by atoms with Gasteiger partial charge in [-0.1, -0.05) is 24.3 Å². The molecule has 2 aromatic carbocycles. The maximum Gasteiger partial charge on any atom is 0.332 e. The third-order valence-electron chi connectivity index (χ3n) is 5.60. The SMILES string of the molecule is Cn1c(=O)c2c(nc(Oc3ccc(/C=C(/C#N)c4nc5ccccc5[nH]4)cc3)n2C)n(C)c1=O. The summed E-state index contributed by atoms with van der Waals surface area (Å²) in [5.41, 5.74) is 2.43. The second kappa shape index (κ2) is 7.90. The quantitative estimate of drug-likeness (QED) is 0.417. The van der Waals surface area contributed by atoms with Gasteiger partial charge in [0, 0.05) is 21.1 Å². The molecule has 3 aromatic heterocycles. The molecule has 34 heavy (non-hydrogen) atoms. The maximum atomic E-state index is 12.5. The van der Waals surface area contributed by atoms with Crippen LogP contribution >= 0.6 is 0 Å². The van der Waals surface area contributed by atoms with Gasteiger partial charge in [-0.2, -0.15) is 10.2 Å². The van der Waals surface area contributed by atoms with Crippen molar-refractivity contribution < 1.29 is 4.74 Å². The molecule has 168 valence electrons. The molecule has 3 heterocycles. The van der Waals surface area contributed by atoms with Crippen molar-refractivity contribution in [1.29, 1.82) is 5.26 Å². The number of benzene rings is 2. The minimum Gasteiger partial charge on any atom is -0.425 e. The maximum absolute atomic E-state index is 12.5. The summed E-state index contributed by atoms with van der Waals surface area (Å²) in [6.07, 6.45) is 1.73. The Morgan fingerprint density at radius 2 is 1.74 bits per heavy atom. The van der Waals surface area contributed by atoms with Crippen LogP contribution in [0.3, 0.4) is 0 Å². The Labute approximate surface area is 192 Å². The highest BCUT2D eigenvalue weighted by molar-refractivity contribution is 5.90. The zero-order chi connectivity index (χ0) is 24.0. The molecule has 5 rings (SSSR count). The average molecular weight is 453 g/mol. The number of para-hydroxylation sites is 2. The standard InChI is InChI=1S/C24H19N7O3/c1-29-19-21(30(2)24(33)31(3)22(19)32)28-23(29)34-16-10-8-14(9-11-16)12-15(13-25)20-26-17-6-4-5-7-18(17)27-20/h4-12H,1-3H3,(H,26,27)/b15-12-. The lowest BCUT2D eigenvalue weighted by Gasteiger charge is -2.05. The fourth-order valence-corrected chi connectivity index (χ4v) is 3.73. The monoisotopic (exact) mass is 453 g/mol. The molecule has 0 fully saturated rings. The molecule has 5 aromatic rings. The van der Waals surface area contributed by atoms with Crippen LogP contribution in [0.5, 0.6) is 11.8 Å². The molecule has 0 spiro atoms. The number of nitriles is 1. The van der Waals surface area contributed by atoms with Crippen molar-refractivity contribution in [1.82, 2.24) is 28.7 Å². The number of nitrogens with zero attached hydrogens (tertiary/aromatic N) is 6. The Hall–Kier alpha value is -4.91. The highest BCUT2D eigenvalue weighted by Crippen LogP contribution is 2.25. The normalized spacial score (nSPS) is 11.8. The van der Waals surface area contributed by atoms with Crippen molar-refractivity contribution >= 4 is 33.8 Å².